The average Bonchev–Trinajstić information content (AvgIpc) is 2.42. The second-order valence-electron chi connectivity index (χ2n) is 7.86. The minimum absolute atomic E-state index is 0.243. The molecule has 0 N–H and O–H groups in total. The first-order valence-corrected chi connectivity index (χ1v) is 8.02. The monoisotopic (exact) mass is 271 g/mol. The molecule has 0 atom stereocenters. The third-order valence-corrected chi connectivity index (χ3v) is 7.12. The van der Waals surface area contributed by atoms with Gasteiger partial charge in [0.1, 0.15) is 0 Å². The summed E-state index contributed by atoms with van der Waals surface area (Å²) < 4.78 is 2.55. The van der Waals surface area contributed by atoms with Crippen LogP contribution in [0.15, 0.2) is 0 Å². The van der Waals surface area contributed by atoms with E-state index in [1.165, 1.54) is 16.7 Å². The first-order valence-electron chi connectivity index (χ1n) is 6.32. The SMILES string of the molecule is CC(C)(C)c1pn(C(C)(C)C)pc1C(C)(C)C. The predicted molar refractivity (Wildman–Crippen MR) is 81.9 cm³/mol. The van der Waals surface area contributed by atoms with Crippen LogP contribution < -0.4 is 0 Å². The largest absolute Gasteiger partial charge is 0.301 e. The molecule has 0 saturated heterocycles. The van der Waals surface area contributed by atoms with Crippen LogP contribution in [0, 0.1) is 0 Å². The topological polar surface area (TPSA) is 4.93 Å². The molecule has 1 aromatic rings. The van der Waals surface area contributed by atoms with Gasteiger partial charge >= 0.3 is 0 Å². The first-order chi connectivity index (χ1) is 7.33. The summed E-state index contributed by atoms with van der Waals surface area (Å²) in [7, 11) is 2.81. The summed E-state index contributed by atoms with van der Waals surface area (Å²) >= 11 is 0. The van der Waals surface area contributed by atoms with Crippen LogP contribution in [0.5, 0.6) is 0 Å². The highest BCUT2D eigenvalue weighted by molar-refractivity contribution is 7.42. The molecule has 1 nitrogen and oxygen atoms in total. The molecule has 0 aliphatic heterocycles. The summed E-state index contributed by atoms with van der Waals surface area (Å²) in [5.74, 6) is 0. The van der Waals surface area contributed by atoms with Gasteiger partial charge in [0.05, 0.1) is 0 Å². The maximum Gasteiger partial charge on any atom is 0.0439 e. The second-order valence-corrected chi connectivity index (χ2v) is 10.3. The standard InChI is InChI=1S/C14H27NP2/c1-12(2,3)10-11(13(4,5)6)17-15(16-10)14(7,8)9/h1-9H3. The summed E-state index contributed by atoms with van der Waals surface area (Å²) in [6.07, 6.45) is 0. The molecule has 0 saturated carbocycles. The van der Waals surface area contributed by atoms with Gasteiger partial charge in [-0.15, -0.1) is 0 Å². The van der Waals surface area contributed by atoms with Crippen molar-refractivity contribution in [1.82, 2.24) is 4.09 Å². The Labute approximate surface area is 110 Å². The van der Waals surface area contributed by atoms with E-state index in [0.29, 0.717) is 0 Å². The Morgan fingerprint density at radius 2 is 0.941 bits per heavy atom. The van der Waals surface area contributed by atoms with Crippen LogP contribution in [0.1, 0.15) is 72.9 Å². The average molecular weight is 271 g/mol. The molecule has 1 heterocycles. The van der Waals surface area contributed by atoms with Gasteiger partial charge in [0.15, 0.2) is 0 Å². The van der Waals surface area contributed by atoms with Crippen molar-refractivity contribution in [2.45, 2.75) is 78.7 Å². The fraction of sp³-hybridized carbons (Fsp3) is 0.857. The van der Waals surface area contributed by atoms with Gasteiger partial charge in [-0.2, -0.15) is 0 Å². The van der Waals surface area contributed by atoms with E-state index < -0.39 is 0 Å². The molecule has 0 aliphatic carbocycles. The van der Waals surface area contributed by atoms with Crippen molar-refractivity contribution in [3.8, 4) is 0 Å². The van der Waals surface area contributed by atoms with Crippen molar-refractivity contribution in [1.29, 1.82) is 0 Å². The fourth-order valence-electron chi connectivity index (χ4n) is 1.62. The number of nitrogens with zero attached hydrogens (tertiary/aromatic N) is 1. The van der Waals surface area contributed by atoms with Gasteiger partial charge in [-0.1, -0.05) is 41.5 Å². The number of rotatable bonds is 0. The highest BCUT2D eigenvalue weighted by atomic mass is 31.1. The van der Waals surface area contributed by atoms with E-state index in [2.05, 4.69) is 66.4 Å². The molecular weight excluding hydrogens is 244 g/mol. The highest BCUT2D eigenvalue weighted by Crippen LogP contribution is 2.47. The molecule has 0 aliphatic rings. The zero-order valence-corrected chi connectivity index (χ0v) is 14.6. The van der Waals surface area contributed by atoms with E-state index in [0.717, 1.165) is 0 Å². The Hall–Kier alpha value is 0.140. The Morgan fingerprint density at radius 1 is 0.647 bits per heavy atom. The summed E-state index contributed by atoms with van der Waals surface area (Å²) in [5.41, 5.74) is 0.793. The van der Waals surface area contributed by atoms with E-state index >= 15 is 0 Å². The van der Waals surface area contributed by atoms with Gasteiger partial charge in [-0.25, -0.2) is 0 Å². The Bertz CT molecular complexity index is 366. The lowest BCUT2D eigenvalue weighted by molar-refractivity contribution is 0.458. The van der Waals surface area contributed by atoms with Crippen molar-refractivity contribution < 1.29 is 0 Å². The molecule has 0 amide bonds. The van der Waals surface area contributed by atoms with Gasteiger partial charge in [0.2, 0.25) is 0 Å². The Balaban J connectivity index is 3.44. The van der Waals surface area contributed by atoms with Crippen LogP contribution in [0.4, 0.5) is 0 Å². The molecule has 0 unspecified atom stereocenters. The molecule has 0 spiro atoms. The quantitative estimate of drug-likeness (QED) is 0.545. The van der Waals surface area contributed by atoms with E-state index in [1.807, 2.05) is 0 Å². The molecule has 1 rings (SSSR count). The van der Waals surface area contributed by atoms with E-state index in [1.54, 1.807) is 10.6 Å². The van der Waals surface area contributed by atoms with Gasteiger partial charge in [0.25, 0.3) is 0 Å². The van der Waals surface area contributed by atoms with Crippen LogP contribution in [0.2, 0.25) is 0 Å². The molecular formula is C14H27NP2. The van der Waals surface area contributed by atoms with E-state index in [9.17, 15) is 0 Å². The Morgan fingerprint density at radius 3 is 1.12 bits per heavy atom. The third kappa shape index (κ3) is 3.55. The van der Waals surface area contributed by atoms with E-state index in [4.69, 9.17) is 0 Å². The van der Waals surface area contributed by atoms with Crippen LogP contribution in [0.25, 0.3) is 0 Å². The number of hydrogen-bond acceptors (Lipinski definition) is 0. The minimum atomic E-state index is 0.243. The lowest BCUT2D eigenvalue weighted by Gasteiger charge is -2.25. The molecule has 0 aromatic carbocycles. The maximum absolute atomic E-state index is 2.55. The van der Waals surface area contributed by atoms with Crippen molar-refractivity contribution in [2.24, 2.45) is 0 Å². The van der Waals surface area contributed by atoms with Crippen molar-refractivity contribution in [2.75, 3.05) is 0 Å². The zero-order chi connectivity index (χ0) is 13.6. The van der Waals surface area contributed by atoms with Crippen molar-refractivity contribution in [3.63, 3.8) is 0 Å². The molecule has 0 bridgehead atoms. The van der Waals surface area contributed by atoms with Crippen LogP contribution >= 0.6 is 16.7 Å². The summed E-state index contributed by atoms with van der Waals surface area (Å²) in [6.45, 7) is 20.9. The van der Waals surface area contributed by atoms with Crippen LogP contribution in [-0.2, 0) is 16.4 Å². The predicted octanol–water partition coefficient (Wildman–Crippen LogP) is 6.00. The van der Waals surface area contributed by atoms with E-state index in [-0.39, 0.29) is 16.4 Å². The minimum Gasteiger partial charge on any atom is -0.301 e. The first kappa shape index (κ1) is 15.2. The molecule has 1 aromatic heterocycles. The van der Waals surface area contributed by atoms with Crippen molar-refractivity contribution in [3.05, 3.63) is 10.6 Å². The lowest BCUT2D eigenvalue weighted by atomic mass is 9.86. The van der Waals surface area contributed by atoms with Gasteiger partial charge < -0.3 is 4.09 Å². The molecule has 98 valence electrons. The maximum atomic E-state index is 2.55. The number of hydrogen-bond donors (Lipinski definition) is 0. The summed E-state index contributed by atoms with van der Waals surface area (Å²) in [6, 6.07) is 0. The second kappa shape index (κ2) is 4.36. The highest BCUT2D eigenvalue weighted by Gasteiger charge is 2.30. The van der Waals surface area contributed by atoms with Gasteiger partial charge in [-0.3, -0.25) is 0 Å². The molecule has 0 radical (unpaired) electrons. The third-order valence-electron chi connectivity index (χ3n) is 2.63. The van der Waals surface area contributed by atoms with Crippen LogP contribution in [-0.4, -0.2) is 4.09 Å². The van der Waals surface area contributed by atoms with Crippen molar-refractivity contribution >= 4 is 16.7 Å². The molecule has 0 fully saturated rings. The van der Waals surface area contributed by atoms with Crippen LogP contribution in [0.3, 0.4) is 0 Å². The smallest absolute Gasteiger partial charge is 0.0439 e. The Kier molecular flexibility index (Phi) is 3.90. The molecule has 17 heavy (non-hydrogen) atoms. The fourth-order valence-corrected chi connectivity index (χ4v) is 5.04. The summed E-state index contributed by atoms with van der Waals surface area (Å²) in [4.78, 5) is 0. The summed E-state index contributed by atoms with van der Waals surface area (Å²) in [5, 5.41) is 3.23. The number of aromatic nitrogens is 1. The normalized spacial score (nSPS) is 15.1. The lowest BCUT2D eigenvalue weighted by Crippen LogP contribution is -2.17. The zero-order valence-electron chi connectivity index (χ0n) is 12.8. The van der Waals surface area contributed by atoms with Gasteiger partial charge in [-0.05, 0) is 31.6 Å². The van der Waals surface area contributed by atoms with Gasteiger partial charge in [0, 0.05) is 32.8 Å². The molecule has 3 heteroatoms.